The fraction of sp³-hybridized carbons (Fsp3) is 1.00. The first-order valence-electron chi connectivity index (χ1n) is 4.43. The predicted octanol–water partition coefficient (Wildman–Crippen LogP) is -3.79. The van der Waals surface area contributed by atoms with E-state index in [-0.39, 0.29) is 0 Å². The number of phosphoric acid groups is 1. The van der Waals surface area contributed by atoms with Gasteiger partial charge in [-0.05, 0) is 0 Å². The van der Waals surface area contributed by atoms with Gasteiger partial charge in [-0.3, -0.25) is 4.52 Å². The lowest BCUT2D eigenvalue weighted by atomic mass is 9.99. The van der Waals surface area contributed by atoms with Gasteiger partial charge in [0.15, 0.2) is 12.6 Å². The number of aliphatic hydroxyl groups excluding tert-OH is 5. The third-order valence-electron chi connectivity index (χ3n) is 2.15. The lowest BCUT2D eigenvalue weighted by molar-refractivity contribution is -0.314. The fourth-order valence-corrected chi connectivity index (χ4v) is 1.72. The maximum absolute atomic E-state index is 10.4. The average molecular weight is 276 g/mol. The van der Waals surface area contributed by atoms with Crippen LogP contribution in [0.4, 0.5) is 0 Å². The Morgan fingerprint density at radius 3 is 2.06 bits per heavy atom. The zero-order valence-corrected chi connectivity index (χ0v) is 9.16. The lowest BCUT2D eigenvalue weighted by Gasteiger charge is -2.39. The number of aliphatic hydroxyl groups is 5. The molecule has 0 aromatic heterocycles. The van der Waals surface area contributed by atoms with Gasteiger partial charge in [0.1, 0.15) is 24.4 Å². The molecule has 0 aromatic carbocycles. The molecule has 1 rings (SSSR count). The largest absolute Gasteiger partial charge is 0.472 e. The molecule has 10 nitrogen and oxygen atoms in total. The Kier molecular flexibility index (Phi) is 4.60. The zero-order valence-electron chi connectivity index (χ0n) is 8.27. The van der Waals surface area contributed by atoms with Gasteiger partial charge in [-0.25, -0.2) is 4.57 Å². The standard InChI is InChI=1S/C6H13O10P/c7-1-2(8)4(15-5(10)3(1)9)6(11)16-17(12,13)14/h1-11H,(H2,12,13,14)/t1-,2+,3+,4+,5?,6?/m0/s1. The highest BCUT2D eigenvalue weighted by atomic mass is 31.2. The van der Waals surface area contributed by atoms with Crippen molar-refractivity contribution < 1.29 is 49.1 Å². The highest BCUT2D eigenvalue weighted by Gasteiger charge is 2.47. The Morgan fingerprint density at radius 1 is 1.06 bits per heavy atom. The molecule has 1 aliphatic heterocycles. The second-order valence-corrected chi connectivity index (χ2v) is 4.64. The molecule has 2 unspecified atom stereocenters. The molecule has 6 atom stereocenters. The van der Waals surface area contributed by atoms with E-state index in [1.165, 1.54) is 0 Å². The summed E-state index contributed by atoms with van der Waals surface area (Å²) < 4.78 is 18.7. The summed E-state index contributed by atoms with van der Waals surface area (Å²) in [6.07, 6.45) is -11.6. The molecule has 11 heteroatoms. The maximum Gasteiger partial charge on any atom is 0.472 e. The molecule has 0 aliphatic carbocycles. The van der Waals surface area contributed by atoms with E-state index in [1.54, 1.807) is 0 Å². The molecule has 0 bridgehead atoms. The van der Waals surface area contributed by atoms with E-state index < -0.39 is 44.8 Å². The Morgan fingerprint density at radius 2 is 1.59 bits per heavy atom. The summed E-state index contributed by atoms with van der Waals surface area (Å²) in [6, 6.07) is 0. The molecule has 1 heterocycles. The van der Waals surface area contributed by atoms with E-state index in [4.69, 9.17) is 20.0 Å². The molecule has 102 valence electrons. The molecule has 1 saturated heterocycles. The third kappa shape index (κ3) is 3.66. The van der Waals surface area contributed by atoms with Crippen molar-refractivity contribution in [1.29, 1.82) is 0 Å². The van der Waals surface area contributed by atoms with Gasteiger partial charge in [0.2, 0.25) is 0 Å². The van der Waals surface area contributed by atoms with Crippen molar-refractivity contribution in [3.05, 3.63) is 0 Å². The fourth-order valence-electron chi connectivity index (χ4n) is 1.32. The number of ether oxygens (including phenoxy) is 1. The molecule has 0 aromatic rings. The van der Waals surface area contributed by atoms with Crippen molar-refractivity contribution in [2.45, 2.75) is 37.0 Å². The summed E-state index contributed by atoms with van der Waals surface area (Å²) in [7, 11) is -5.04. The highest BCUT2D eigenvalue weighted by molar-refractivity contribution is 7.46. The predicted molar refractivity (Wildman–Crippen MR) is 48.0 cm³/mol. The number of hydrogen-bond donors (Lipinski definition) is 7. The summed E-state index contributed by atoms with van der Waals surface area (Å²) in [5.41, 5.74) is 0. The average Bonchev–Trinajstić information content (AvgIpc) is 2.17. The summed E-state index contributed by atoms with van der Waals surface area (Å²) >= 11 is 0. The molecule has 0 spiro atoms. The number of hydrogen-bond acceptors (Lipinski definition) is 8. The second kappa shape index (κ2) is 5.24. The zero-order chi connectivity index (χ0) is 13.4. The molecule has 1 fully saturated rings. The van der Waals surface area contributed by atoms with Gasteiger partial charge in [0.05, 0.1) is 0 Å². The van der Waals surface area contributed by atoms with E-state index >= 15 is 0 Å². The number of rotatable bonds is 3. The minimum Gasteiger partial charge on any atom is -0.387 e. The summed E-state index contributed by atoms with van der Waals surface area (Å²) in [5.74, 6) is 0. The summed E-state index contributed by atoms with van der Waals surface area (Å²) in [6.45, 7) is 0. The Bertz CT molecular complexity index is 303. The van der Waals surface area contributed by atoms with Crippen molar-refractivity contribution in [3.8, 4) is 0 Å². The van der Waals surface area contributed by atoms with Crippen LogP contribution in [0.1, 0.15) is 0 Å². The normalized spacial score (nSPS) is 41.2. The van der Waals surface area contributed by atoms with E-state index in [0.29, 0.717) is 0 Å². The SMILES string of the molecule is O=P(O)(O)OC(O)[C@@H]1OC(O)[C@H](O)[C@@H](O)[C@H]1O. The van der Waals surface area contributed by atoms with E-state index in [2.05, 4.69) is 9.26 Å². The van der Waals surface area contributed by atoms with Crippen LogP contribution in [0.3, 0.4) is 0 Å². The highest BCUT2D eigenvalue weighted by Crippen LogP contribution is 2.39. The number of phosphoric ester groups is 1. The van der Waals surface area contributed by atoms with Gasteiger partial charge in [0, 0.05) is 0 Å². The second-order valence-electron chi connectivity index (χ2n) is 3.45. The first-order valence-corrected chi connectivity index (χ1v) is 5.96. The Hall–Kier alpha value is -0.130. The van der Waals surface area contributed by atoms with Gasteiger partial charge < -0.3 is 40.1 Å². The molecule has 0 amide bonds. The van der Waals surface area contributed by atoms with Crippen molar-refractivity contribution in [3.63, 3.8) is 0 Å². The quantitative estimate of drug-likeness (QED) is 0.200. The van der Waals surface area contributed by atoms with Crippen LogP contribution < -0.4 is 0 Å². The first-order chi connectivity index (χ1) is 7.63. The van der Waals surface area contributed by atoms with E-state index in [9.17, 15) is 19.9 Å². The van der Waals surface area contributed by atoms with Crippen LogP contribution >= 0.6 is 7.82 Å². The lowest BCUT2D eigenvalue weighted by Crippen LogP contribution is -2.60. The van der Waals surface area contributed by atoms with Crippen LogP contribution in [-0.2, 0) is 13.8 Å². The Labute approximate surface area is 94.9 Å². The van der Waals surface area contributed by atoms with Gasteiger partial charge in [0.25, 0.3) is 0 Å². The van der Waals surface area contributed by atoms with E-state index in [1.807, 2.05) is 0 Å². The minimum atomic E-state index is -5.04. The van der Waals surface area contributed by atoms with E-state index in [0.717, 1.165) is 0 Å². The van der Waals surface area contributed by atoms with Crippen LogP contribution in [0.2, 0.25) is 0 Å². The molecular formula is C6H13O10P. The molecule has 17 heavy (non-hydrogen) atoms. The minimum absolute atomic E-state index is 1.82. The first kappa shape index (κ1) is 14.9. The summed E-state index contributed by atoms with van der Waals surface area (Å²) in [4.78, 5) is 16.8. The third-order valence-corrected chi connectivity index (χ3v) is 2.64. The van der Waals surface area contributed by atoms with Crippen molar-refractivity contribution >= 4 is 7.82 Å². The van der Waals surface area contributed by atoms with Gasteiger partial charge in [-0.1, -0.05) is 0 Å². The molecule has 0 saturated carbocycles. The van der Waals surface area contributed by atoms with Crippen molar-refractivity contribution in [1.82, 2.24) is 0 Å². The van der Waals surface area contributed by atoms with Crippen LogP contribution in [0.25, 0.3) is 0 Å². The van der Waals surface area contributed by atoms with Crippen LogP contribution in [0.15, 0.2) is 0 Å². The maximum atomic E-state index is 10.4. The van der Waals surface area contributed by atoms with Crippen LogP contribution in [0, 0.1) is 0 Å². The topological polar surface area (TPSA) is 177 Å². The molecular weight excluding hydrogens is 263 g/mol. The molecule has 0 radical (unpaired) electrons. The summed E-state index contributed by atoms with van der Waals surface area (Å²) in [5, 5.41) is 46.0. The van der Waals surface area contributed by atoms with Crippen LogP contribution in [-0.4, -0.2) is 72.3 Å². The van der Waals surface area contributed by atoms with Gasteiger partial charge >= 0.3 is 7.82 Å². The monoisotopic (exact) mass is 276 g/mol. The Balaban J connectivity index is 2.73. The van der Waals surface area contributed by atoms with Crippen molar-refractivity contribution in [2.75, 3.05) is 0 Å². The molecule has 1 aliphatic rings. The molecule has 7 N–H and O–H groups in total. The van der Waals surface area contributed by atoms with Gasteiger partial charge in [-0.2, -0.15) is 0 Å². The van der Waals surface area contributed by atoms with Crippen molar-refractivity contribution in [2.24, 2.45) is 0 Å². The smallest absolute Gasteiger partial charge is 0.387 e. The van der Waals surface area contributed by atoms with Gasteiger partial charge in [-0.15, -0.1) is 0 Å². The van der Waals surface area contributed by atoms with Crippen LogP contribution in [0.5, 0.6) is 0 Å².